The SMILES string of the molecule is CCCCCCCCC(C)SCCN1C(=O)CCCC1=O. The topological polar surface area (TPSA) is 37.4 Å². The molecule has 2 amide bonds. The molecule has 0 saturated carbocycles. The van der Waals surface area contributed by atoms with Gasteiger partial charge in [-0.25, -0.2) is 0 Å². The largest absolute Gasteiger partial charge is 0.282 e. The van der Waals surface area contributed by atoms with Crippen LogP contribution in [0.15, 0.2) is 0 Å². The normalized spacial score (nSPS) is 17.3. The molecule has 1 aliphatic heterocycles. The van der Waals surface area contributed by atoms with Crippen LogP contribution in [0.25, 0.3) is 0 Å². The van der Waals surface area contributed by atoms with Crippen LogP contribution in [0, 0.1) is 0 Å². The van der Waals surface area contributed by atoms with Crippen LogP contribution in [-0.4, -0.2) is 34.3 Å². The maximum absolute atomic E-state index is 11.7. The van der Waals surface area contributed by atoms with Crippen molar-refractivity contribution in [3.63, 3.8) is 0 Å². The van der Waals surface area contributed by atoms with Gasteiger partial charge in [0.1, 0.15) is 0 Å². The van der Waals surface area contributed by atoms with Gasteiger partial charge in [0, 0.05) is 30.4 Å². The molecule has 1 rings (SSSR count). The Morgan fingerprint density at radius 1 is 1.05 bits per heavy atom. The van der Waals surface area contributed by atoms with Gasteiger partial charge < -0.3 is 0 Å². The standard InChI is InChI=1S/C17H31NO2S/c1-3-4-5-6-7-8-10-15(2)21-14-13-18-16(19)11-9-12-17(18)20/h15H,3-14H2,1-2H3. The zero-order valence-corrected chi connectivity index (χ0v) is 14.6. The highest BCUT2D eigenvalue weighted by atomic mass is 32.2. The van der Waals surface area contributed by atoms with Crippen LogP contribution < -0.4 is 0 Å². The Labute approximate surface area is 134 Å². The van der Waals surface area contributed by atoms with E-state index < -0.39 is 0 Å². The van der Waals surface area contributed by atoms with Crippen molar-refractivity contribution in [2.24, 2.45) is 0 Å². The number of imide groups is 1. The molecular weight excluding hydrogens is 282 g/mol. The van der Waals surface area contributed by atoms with E-state index in [0.717, 1.165) is 12.2 Å². The molecule has 1 heterocycles. The smallest absolute Gasteiger partial charge is 0.229 e. The molecule has 0 radical (unpaired) electrons. The van der Waals surface area contributed by atoms with Gasteiger partial charge in [0.05, 0.1) is 0 Å². The maximum Gasteiger partial charge on any atom is 0.229 e. The third-order valence-corrected chi connectivity index (χ3v) is 5.29. The van der Waals surface area contributed by atoms with Crippen LogP contribution in [-0.2, 0) is 9.59 Å². The van der Waals surface area contributed by atoms with Crippen molar-refractivity contribution in [3.8, 4) is 0 Å². The van der Waals surface area contributed by atoms with E-state index in [0.29, 0.717) is 24.6 Å². The monoisotopic (exact) mass is 313 g/mol. The third kappa shape index (κ3) is 7.89. The van der Waals surface area contributed by atoms with Crippen molar-refractivity contribution in [2.45, 2.75) is 83.3 Å². The maximum atomic E-state index is 11.7. The minimum atomic E-state index is 0.0235. The number of piperidine rings is 1. The molecule has 1 aliphatic rings. The van der Waals surface area contributed by atoms with Gasteiger partial charge >= 0.3 is 0 Å². The molecular formula is C17H31NO2S. The molecule has 0 aromatic carbocycles. The average Bonchev–Trinajstić information content (AvgIpc) is 2.46. The summed E-state index contributed by atoms with van der Waals surface area (Å²) in [5.41, 5.74) is 0. The lowest BCUT2D eigenvalue weighted by Gasteiger charge is -2.25. The number of likely N-dealkylation sites (tertiary alicyclic amines) is 1. The van der Waals surface area contributed by atoms with Crippen LogP contribution in [0.5, 0.6) is 0 Å². The van der Waals surface area contributed by atoms with Crippen LogP contribution in [0.2, 0.25) is 0 Å². The van der Waals surface area contributed by atoms with Crippen molar-refractivity contribution in [3.05, 3.63) is 0 Å². The van der Waals surface area contributed by atoms with Gasteiger partial charge in [-0.1, -0.05) is 52.4 Å². The number of unbranched alkanes of at least 4 members (excludes halogenated alkanes) is 5. The molecule has 21 heavy (non-hydrogen) atoms. The van der Waals surface area contributed by atoms with Crippen molar-refractivity contribution in [1.29, 1.82) is 0 Å². The highest BCUT2D eigenvalue weighted by Gasteiger charge is 2.25. The Balaban J connectivity index is 2.03. The molecule has 0 aliphatic carbocycles. The summed E-state index contributed by atoms with van der Waals surface area (Å²) < 4.78 is 0. The van der Waals surface area contributed by atoms with Gasteiger partial charge in [-0.15, -0.1) is 0 Å². The molecule has 3 nitrogen and oxygen atoms in total. The molecule has 1 fully saturated rings. The summed E-state index contributed by atoms with van der Waals surface area (Å²) >= 11 is 1.90. The molecule has 1 unspecified atom stereocenters. The summed E-state index contributed by atoms with van der Waals surface area (Å²) in [7, 11) is 0. The molecule has 1 saturated heterocycles. The zero-order chi connectivity index (χ0) is 15.5. The van der Waals surface area contributed by atoms with Crippen LogP contribution in [0.4, 0.5) is 0 Å². The Kier molecular flexibility index (Phi) is 9.81. The molecule has 0 bridgehead atoms. The fourth-order valence-electron chi connectivity index (χ4n) is 2.69. The number of amides is 2. The minimum Gasteiger partial charge on any atom is -0.282 e. The molecule has 122 valence electrons. The van der Waals surface area contributed by atoms with Crippen molar-refractivity contribution < 1.29 is 9.59 Å². The third-order valence-electron chi connectivity index (χ3n) is 4.06. The second-order valence-corrected chi connectivity index (χ2v) is 7.58. The van der Waals surface area contributed by atoms with Crippen molar-refractivity contribution in [2.75, 3.05) is 12.3 Å². The predicted octanol–water partition coefficient (Wildman–Crippen LogP) is 4.40. The molecule has 0 aromatic rings. The summed E-state index contributed by atoms with van der Waals surface area (Å²) in [6.45, 7) is 5.11. The highest BCUT2D eigenvalue weighted by molar-refractivity contribution is 7.99. The molecule has 1 atom stereocenters. The first-order chi connectivity index (χ1) is 10.1. The van der Waals surface area contributed by atoms with E-state index in [1.807, 2.05) is 11.8 Å². The van der Waals surface area contributed by atoms with E-state index in [4.69, 9.17) is 0 Å². The summed E-state index contributed by atoms with van der Waals surface area (Å²) in [6.07, 6.45) is 11.1. The van der Waals surface area contributed by atoms with E-state index in [1.54, 1.807) is 0 Å². The van der Waals surface area contributed by atoms with Crippen molar-refractivity contribution in [1.82, 2.24) is 4.90 Å². The molecule has 4 heteroatoms. The predicted molar refractivity (Wildman–Crippen MR) is 90.5 cm³/mol. The highest BCUT2D eigenvalue weighted by Crippen LogP contribution is 2.19. The van der Waals surface area contributed by atoms with Crippen LogP contribution >= 0.6 is 11.8 Å². The molecule has 0 aromatic heterocycles. The fourth-order valence-corrected chi connectivity index (χ4v) is 3.71. The first-order valence-corrected chi connectivity index (χ1v) is 9.64. The van der Waals surface area contributed by atoms with Crippen molar-refractivity contribution >= 4 is 23.6 Å². The lowest BCUT2D eigenvalue weighted by atomic mass is 10.1. The van der Waals surface area contributed by atoms with Gasteiger partial charge in [-0.2, -0.15) is 11.8 Å². The number of carbonyl (C=O) groups is 2. The Morgan fingerprint density at radius 3 is 2.33 bits per heavy atom. The number of nitrogens with zero attached hydrogens (tertiary/aromatic N) is 1. The number of hydrogen-bond acceptors (Lipinski definition) is 3. The van der Waals surface area contributed by atoms with Gasteiger partial charge in [0.15, 0.2) is 0 Å². The number of rotatable bonds is 11. The summed E-state index contributed by atoms with van der Waals surface area (Å²) in [5, 5.41) is 0.631. The Hall–Kier alpha value is -0.510. The summed E-state index contributed by atoms with van der Waals surface area (Å²) in [6, 6.07) is 0. The number of hydrogen-bond donors (Lipinski definition) is 0. The van der Waals surface area contributed by atoms with Gasteiger partial charge in [0.25, 0.3) is 0 Å². The van der Waals surface area contributed by atoms with Gasteiger partial charge in [0.2, 0.25) is 11.8 Å². The van der Waals surface area contributed by atoms with E-state index in [9.17, 15) is 9.59 Å². The van der Waals surface area contributed by atoms with E-state index in [2.05, 4.69) is 13.8 Å². The fraction of sp³-hybridized carbons (Fsp3) is 0.882. The van der Waals surface area contributed by atoms with E-state index in [-0.39, 0.29) is 11.8 Å². The summed E-state index contributed by atoms with van der Waals surface area (Å²) in [5.74, 6) is 0.931. The average molecular weight is 314 g/mol. The molecule has 0 spiro atoms. The summed E-state index contributed by atoms with van der Waals surface area (Å²) in [4.78, 5) is 24.8. The Morgan fingerprint density at radius 2 is 1.67 bits per heavy atom. The van der Waals surface area contributed by atoms with E-state index in [1.165, 1.54) is 49.8 Å². The number of thioether (sulfide) groups is 1. The number of carbonyl (C=O) groups excluding carboxylic acids is 2. The zero-order valence-electron chi connectivity index (χ0n) is 13.7. The lowest BCUT2D eigenvalue weighted by Crippen LogP contribution is -2.41. The van der Waals surface area contributed by atoms with Gasteiger partial charge in [-0.05, 0) is 12.8 Å². The first kappa shape index (κ1) is 18.5. The quantitative estimate of drug-likeness (QED) is 0.419. The first-order valence-electron chi connectivity index (χ1n) is 8.60. The van der Waals surface area contributed by atoms with Gasteiger partial charge in [-0.3, -0.25) is 14.5 Å². The lowest BCUT2D eigenvalue weighted by molar-refractivity contribution is -0.147. The van der Waals surface area contributed by atoms with Crippen LogP contribution in [0.3, 0.4) is 0 Å². The second-order valence-electron chi connectivity index (χ2n) is 6.03. The van der Waals surface area contributed by atoms with E-state index >= 15 is 0 Å². The second kappa shape index (κ2) is 11.1. The minimum absolute atomic E-state index is 0.0235. The van der Waals surface area contributed by atoms with Crippen LogP contribution in [0.1, 0.15) is 78.1 Å². The Bertz CT molecular complexity index is 304. The molecule has 0 N–H and O–H groups in total.